The number of nitrogens with one attached hydrogen (secondary N) is 1. The van der Waals surface area contributed by atoms with Crippen LogP contribution in [0, 0.1) is 0 Å². The van der Waals surface area contributed by atoms with E-state index in [9.17, 15) is 4.79 Å². The molecule has 10 nitrogen and oxygen atoms in total. The molecule has 2 aliphatic rings. The predicted octanol–water partition coefficient (Wildman–Crippen LogP) is -0.922. The van der Waals surface area contributed by atoms with Crippen molar-refractivity contribution in [3.63, 3.8) is 0 Å². The molecular weight excluding hydrogens is 304 g/mol. The van der Waals surface area contributed by atoms with Gasteiger partial charge in [-0.3, -0.25) is 14.3 Å². The third-order valence-corrected chi connectivity index (χ3v) is 4.08. The summed E-state index contributed by atoms with van der Waals surface area (Å²) < 4.78 is 19.4. The Balaban J connectivity index is 1.80. The van der Waals surface area contributed by atoms with Crippen LogP contribution in [0.15, 0.2) is 11.1 Å². The first-order valence-electron chi connectivity index (χ1n) is 7.33. The summed E-state index contributed by atoms with van der Waals surface area (Å²) in [6.45, 7) is 3.96. The summed E-state index contributed by atoms with van der Waals surface area (Å²) in [6.07, 6.45) is -0.0468. The Morgan fingerprint density at radius 3 is 2.87 bits per heavy atom. The standard InChI is InChI=1S/C13H18N6O4/c1-13(2)22-7-5(3-14)21-11(8(7)23-13)19-4-16-6-9(19)17-12(15)18-10(6)20/h4-5,7-8,11H,3,14H2,1-2H3,(H3,15,17,18,20). The van der Waals surface area contributed by atoms with Crippen molar-refractivity contribution in [3.8, 4) is 0 Å². The van der Waals surface area contributed by atoms with E-state index in [1.165, 1.54) is 6.33 Å². The van der Waals surface area contributed by atoms with Crippen LogP contribution in [-0.2, 0) is 14.2 Å². The average Bonchev–Trinajstić information content (AvgIpc) is 3.09. The first-order valence-corrected chi connectivity index (χ1v) is 7.33. The van der Waals surface area contributed by atoms with Gasteiger partial charge in [-0.2, -0.15) is 4.98 Å². The lowest BCUT2D eigenvalue weighted by Crippen LogP contribution is -2.34. The summed E-state index contributed by atoms with van der Waals surface area (Å²) in [6, 6.07) is 0. The Bertz CT molecular complexity index is 814. The van der Waals surface area contributed by atoms with Crippen LogP contribution >= 0.6 is 0 Å². The van der Waals surface area contributed by atoms with Crippen molar-refractivity contribution in [2.24, 2.45) is 5.73 Å². The molecule has 5 N–H and O–H groups in total. The average molecular weight is 322 g/mol. The molecule has 0 aliphatic carbocycles. The van der Waals surface area contributed by atoms with Crippen LogP contribution in [0.1, 0.15) is 20.1 Å². The first kappa shape index (κ1) is 14.6. The SMILES string of the molecule is CC1(C)OC2C(CN)OC(n3cnc4c(=O)[nH]c(N)nc43)C2O1. The van der Waals surface area contributed by atoms with E-state index >= 15 is 0 Å². The van der Waals surface area contributed by atoms with Gasteiger partial charge >= 0.3 is 0 Å². The van der Waals surface area contributed by atoms with Crippen molar-refractivity contribution >= 4 is 17.1 Å². The molecule has 124 valence electrons. The number of imidazole rings is 1. The summed E-state index contributed by atoms with van der Waals surface area (Å²) in [5.41, 5.74) is 11.5. The molecule has 10 heteroatoms. The smallest absolute Gasteiger partial charge is 0.280 e. The van der Waals surface area contributed by atoms with Crippen molar-refractivity contribution in [1.29, 1.82) is 0 Å². The van der Waals surface area contributed by atoms with E-state index in [4.69, 9.17) is 25.7 Å². The van der Waals surface area contributed by atoms with E-state index in [0.717, 1.165) is 0 Å². The Morgan fingerprint density at radius 1 is 1.39 bits per heavy atom. The molecule has 2 aliphatic heterocycles. The van der Waals surface area contributed by atoms with Gasteiger partial charge in [-0.25, -0.2) is 4.98 Å². The van der Waals surface area contributed by atoms with Gasteiger partial charge in [0.15, 0.2) is 23.2 Å². The van der Waals surface area contributed by atoms with Gasteiger partial charge in [0.2, 0.25) is 5.95 Å². The zero-order valence-corrected chi connectivity index (χ0v) is 12.7. The van der Waals surface area contributed by atoms with Crippen molar-refractivity contribution in [1.82, 2.24) is 19.5 Å². The highest BCUT2D eigenvalue weighted by atomic mass is 16.8. The number of anilines is 1. The van der Waals surface area contributed by atoms with Crippen molar-refractivity contribution in [2.75, 3.05) is 12.3 Å². The Labute approximate surface area is 130 Å². The minimum absolute atomic E-state index is 0.0121. The third-order valence-electron chi connectivity index (χ3n) is 4.08. The largest absolute Gasteiger partial charge is 0.369 e. The summed E-state index contributed by atoms with van der Waals surface area (Å²) >= 11 is 0. The highest BCUT2D eigenvalue weighted by Gasteiger charge is 2.55. The number of aromatic nitrogens is 4. The molecule has 0 aromatic carbocycles. The van der Waals surface area contributed by atoms with Gasteiger partial charge in [-0.15, -0.1) is 0 Å². The molecule has 0 spiro atoms. The van der Waals surface area contributed by atoms with E-state index < -0.39 is 17.6 Å². The van der Waals surface area contributed by atoms with E-state index in [0.29, 0.717) is 12.2 Å². The summed E-state index contributed by atoms with van der Waals surface area (Å²) in [5, 5.41) is 0. The first-order chi connectivity index (χ1) is 10.9. The van der Waals surface area contributed by atoms with Crippen LogP contribution in [0.25, 0.3) is 11.2 Å². The lowest BCUT2D eigenvalue weighted by atomic mass is 10.1. The minimum atomic E-state index is -0.731. The highest BCUT2D eigenvalue weighted by Crippen LogP contribution is 2.43. The summed E-state index contributed by atoms with van der Waals surface area (Å²) in [4.78, 5) is 22.6. The molecule has 2 fully saturated rings. The second kappa shape index (κ2) is 4.74. The Kier molecular flexibility index (Phi) is 3.00. The fourth-order valence-electron chi connectivity index (χ4n) is 3.20. The maximum atomic E-state index is 11.9. The molecule has 2 saturated heterocycles. The zero-order valence-electron chi connectivity index (χ0n) is 12.7. The van der Waals surface area contributed by atoms with Crippen LogP contribution in [0.5, 0.6) is 0 Å². The number of H-pyrrole nitrogens is 1. The molecule has 4 unspecified atom stereocenters. The summed E-state index contributed by atoms with van der Waals surface area (Å²) in [5.74, 6) is -0.719. The van der Waals surface area contributed by atoms with Crippen molar-refractivity contribution in [2.45, 2.75) is 44.2 Å². The molecule has 0 amide bonds. The molecule has 4 atom stereocenters. The maximum Gasteiger partial charge on any atom is 0.280 e. The fourth-order valence-corrected chi connectivity index (χ4v) is 3.20. The van der Waals surface area contributed by atoms with Crippen molar-refractivity contribution in [3.05, 3.63) is 16.7 Å². The van der Waals surface area contributed by atoms with Gasteiger partial charge < -0.3 is 25.7 Å². The van der Waals surface area contributed by atoms with Crippen LogP contribution in [-0.4, -0.2) is 50.2 Å². The van der Waals surface area contributed by atoms with E-state index in [2.05, 4.69) is 15.0 Å². The van der Waals surface area contributed by atoms with Gasteiger partial charge in [-0.05, 0) is 13.8 Å². The zero-order chi connectivity index (χ0) is 16.4. The number of hydrogen-bond acceptors (Lipinski definition) is 8. The van der Waals surface area contributed by atoms with Gasteiger partial charge in [-0.1, -0.05) is 0 Å². The third kappa shape index (κ3) is 2.14. The van der Waals surface area contributed by atoms with Crippen LogP contribution in [0.2, 0.25) is 0 Å². The number of nitrogens with zero attached hydrogens (tertiary/aromatic N) is 3. The second-order valence-electron chi connectivity index (χ2n) is 6.14. The topological polar surface area (TPSA) is 143 Å². The van der Waals surface area contributed by atoms with Gasteiger partial charge in [0.1, 0.15) is 18.3 Å². The van der Waals surface area contributed by atoms with E-state index in [-0.39, 0.29) is 29.8 Å². The molecule has 0 radical (unpaired) electrons. The molecule has 4 heterocycles. The van der Waals surface area contributed by atoms with Crippen LogP contribution in [0.4, 0.5) is 5.95 Å². The number of nitrogens with two attached hydrogens (primary N) is 2. The molecule has 2 aromatic heterocycles. The van der Waals surface area contributed by atoms with Crippen LogP contribution in [0.3, 0.4) is 0 Å². The predicted molar refractivity (Wildman–Crippen MR) is 79.4 cm³/mol. The molecule has 23 heavy (non-hydrogen) atoms. The number of aromatic amines is 1. The molecule has 0 saturated carbocycles. The number of nitrogen functional groups attached to an aromatic ring is 1. The number of rotatable bonds is 2. The monoisotopic (exact) mass is 322 g/mol. The van der Waals surface area contributed by atoms with E-state index in [1.807, 2.05) is 13.8 Å². The molecule has 0 bridgehead atoms. The van der Waals surface area contributed by atoms with Gasteiger partial charge in [0.05, 0.1) is 6.33 Å². The van der Waals surface area contributed by atoms with Gasteiger partial charge in [0.25, 0.3) is 5.56 Å². The number of ether oxygens (including phenoxy) is 3. The Hall–Kier alpha value is -2.01. The quantitative estimate of drug-likeness (QED) is 0.644. The number of hydrogen-bond donors (Lipinski definition) is 3. The van der Waals surface area contributed by atoms with Crippen LogP contribution < -0.4 is 17.0 Å². The molecule has 4 rings (SSSR count). The lowest BCUT2D eigenvalue weighted by molar-refractivity contribution is -0.195. The second-order valence-corrected chi connectivity index (χ2v) is 6.14. The normalized spacial score (nSPS) is 32.5. The minimum Gasteiger partial charge on any atom is -0.369 e. The lowest BCUT2D eigenvalue weighted by Gasteiger charge is -2.24. The number of fused-ring (bicyclic) bond motifs is 2. The highest BCUT2D eigenvalue weighted by molar-refractivity contribution is 5.70. The summed E-state index contributed by atoms with van der Waals surface area (Å²) in [7, 11) is 0. The fraction of sp³-hybridized carbons (Fsp3) is 0.615. The Morgan fingerprint density at radius 2 is 2.13 bits per heavy atom. The molecular formula is C13H18N6O4. The van der Waals surface area contributed by atoms with Crippen molar-refractivity contribution < 1.29 is 14.2 Å². The maximum absolute atomic E-state index is 11.9. The van der Waals surface area contributed by atoms with Gasteiger partial charge in [0, 0.05) is 6.54 Å². The molecule has 2 aromatic rings. The van der Waals surface area contributed by atoms with E-state index in [1.54, 1.807) is 4.57 Å².